The molecule has 5 nitrogen and oxygen atoms in total. The maximum atomic E-state index is 13.4. The summed E-state index contributed by atoms with van der Waals surface area (Å²) in [5.41, 5.74) is 0.396. The highest BCUT2D eigenvalue weighted by atomic mass is 35.5. The van der Waals surface area contributed by atoms with E-state index in [1.54, 1.807) is 0 Å². The predicted molar refractivity (Wildman–Crippen MR) is 77.4 cm³/mol. The summed E-state index contributed by atoms with van der Waals surface area (Å²) in [4.78, 5) is 9.89. The number of rotatable bonds is 1. The Labute approximate surface area is 130 Å². The van der Waals surface area contributed by atoms with Gasteiger partial charge in [-0.25, -0.2) is 12.8 Å². The van der Waals surface area contributed by atoms with Crippen LogP contribution < -0.4 is 0 Å². The van der Waals surface area contributed by atoms with Crippen LogP contribution in [0.1, 0.15) is 11.1 Å². The Kier molecular flexibility index (Phi) is 3.41. The van der Waals surface area contributed by atoms with Crippen molar-refractivity contribution in [2.45, 2.75) is 22.6 Å². The first-order valence-corrected chi connectivity index (χ1v) is 8.17. The van der Waals surface area contributed by atoms with E-state index >= 15 is 0 Å². The van der Waals surface area contributed by atoms with Crippen LogP contribution in [-0.2, 0) is 22.7 Å². The molecule has 0 saturated carbocycles. The number of benzene rings is 2. The molecule has 0 fully saturated rings. The minimum Gasteiger partial charge on any atom is -0.258 e. The first-order chi connectivity index (χ1) is 10.3. The number of nitro groups is 1. The van der Waals surface area contributed by atoms with Gasteiger partial charge in [0.25, 0.3) is 5.69 Å². The molecule has 3 rings (SSSR count). The number of hydrogen-bond acceptors (Lipinski definition) is 4. The quantitative estimate of drug-likeness (QED) is 0.589. The zero-order chi connectivity index (χ0) is 16.1. The number of halogens is 2. The lowest BCUT2D eigenvalue weighted by molar-refractivity contribution is -0.384. The van der Waals surface area contributed by atoms with Gasteiger partial charge in [0, 0.05) is 6.07 Å². The van der Waals surface area contributed by atoms with Gasteiger partial charge in [0.2, 0.25) is 9.84 Å². The summed E-state index contributed by atoms with van der Waals surface area (Å²) in [5, 5.41) is 10.9. The van der Waals surface area contributed by atoms with E-state index in [9.17, 15) is 22.9 Å². The van der Waals surface area contributed by atoms with E-state index in [4.69, 9.17) is 11.6 Å². The van der Waals surface area contributed by atoms with Crippen LogP contribution in [0.25, 0.3) is 0 Å². The molecule has 0 unspecified atom stereocenters. The number of hydrogen-bond donors (Lipinski definition) is 0. The molecule has 1 aliphatic rings. The molecule has 0 N–H and O–H groups in total. The lowest BCUT2D eigenvalue weighted by Crippen LogP contribution is -2.06. The van der Waals surface area contributed by atoms with Crippen molar-refractivity contribution in [3.8, 4) is 0 Å². The van der Waals surface area contributed by atoms with Gasteiger partial charge in [-0.3, -0.25) is 10.1 Å². The molecule has 0 bridgehead atoms. The molecular weight excluding hydrogens is 333 g/mol. The fourth-order valence-electron chi connectivity index (χ4n) is 2.54. The summed E-state index contributed by atoms with van der Waals surface area (Å²) in [6.45, 7) is 0. The van der Waals surface area contributed by atoms with Crippen molar-refractivity contribution in [3.05, 3.63) is 62.4 Å². The zero-order valence-corrected chi connectivity index (χ0v) is 12.6. The van der Waals surface area contributed by atoms with Crippen molar-refractivity contribution in [1.29, 1.82) is 0 Å². The summed E-state index contributed by atoms with van der Waals surface area (Å²) in [7, 11) is -4.04. The molecule has 0 radical (unpaired) electrons. The maximum absolute atomic E-state index is 13.4. The Bertz CT molecular complexity index is 911. The van der Waals surface area contributed by atoms with Crippen molar-refractivity contribution < 1.29 is 17.7 Å². The van der Waals surface area contributed by atoms with Crippen molar-refractivity contribution in [2.24, 2.45) is 0 Å². The maximum Gasteiger partial charge on any atom is 0.289 e. The van der Waals surface area contributed by atoms with Gasteiger partial charge in [-0.2, -0.15) is 0 Å². The third kappa shape index (κ3) is 2.26. The second-order valence-electron chi connectivity index (χ2n) is 4.92. The SMILES string of the molecule is O=[N+]([O-])c1cc2c(cc1Cl)CCc1ccc(F)cc1S2(=O)=O. The van der Waals surface area contributed by atoms with E-state index in [0.717, 1.165) is 12.1 Å². The van der Waals surface area contributed by atoms with E-state index in [2.05, 4.69) is 0 Å². The third-order valence-electron chi connectivity index (χ3n) is 3.60. The standard InChI is InChI=1S/C14H9ClFNO4S/c15-11-5-9-2-1-8-3-4-10(16)6-13(8)22(20,21)14(9)7-12(11)17(18)19/h3-7H,1-2H2. The van der Waals surface area contributed by atoms with Crippen LogP contribution in [0.3, 0.4) is 0 Å². The molecule has 22 heavy (non-hydrogen) atoms. The van der Waals surface area contributed by atoms with E-state index in [1.807, 2.05) is 0 Å². The topological polar surface area (TPSA) is 77.3 Å². The second kappa shape index (κ2) is 5.03. The molecule has 0 amide bonds. The highest BCUT2D eigenvalue weighted by molar-refractivity contribution is 7.91. The predicted octanol–water partition coefficient (Wildman–Crippen LogP) is 3.32. The zero-order valence-electron chi connectivity index (χ0n) is 11.0. The summed E-state index contributed by atoms with van der Waals surface area (Å²) in [6.07, 6.45) is 0.737. The van der Waals surface area contributed by atoms with E-state index in [0.29, 0.717) is 24.0 Å². The molecule has 1 heterocycles. The fourth-order valence-corrected chi connectivity index (χ4v) is 4.59. The Morgan fingerprint density at radius 2 is 1.73 bits per heavy atom. The first kappa shape index (κ1) is 14.9. The highest BCUT2D eigenvalue weighted by Gasteiger charge is 2.31. The molecule has 8 heteroatoms. The van der Waals surface area contributed by atoms with Crippen molar-refractivity contribution >= 4 is 27.1 Å². The normalized spacial score (nSPS) is 15.5. The molecule has 1 aliphatic heterocycles. The number of nitrogens with zero attached hydrogens (tertiary/aromatic N) is 1. The van der Waals surface area contributed by atoms with E-state index < -0.39 is 26.3 Å². The Balaban J connectivity index is 2.34. The van der Waals surface area contributed by atoms with Gasteiger partial charge in [0.1, 0.15) is 10.8 Å². The van der Waals surface area contributed by atoms with Gasteiger partial charge in [-0.05, 0) is 42.2 Å². The van der Waals surface area contributed by atoms with Gasteiger partial charge >= 0.3 is 0 Å². The van der Waals surface area contributed by atoms with Gasteiger partial charge in [0.15, 0.2) is 0 Å². The lowest BCUT2D eigenvalue weighted by Gasteiger charge is -2.08. The largest absolute Gasteiger partial charge is 0.289 e. The molecule has 0 saturated heterocycles. The molecule has 0 aromatic heterocycles. The summed E-state index contributed by atoms with van der Waals surface area (Å²) in [5.74, 6) is -0.672. The second-order valence-corrected chi connectivity index (χ2v) is 7.22. The van der Waals surface area contributed by atoms with Gasteiger partial charge < -0.3 is 0 Å². The number of aryl methyl sites for hydroxylation is 2. The Hall–Kier alpha value is -1.99. The van der Waals surface area contributed by atoms with Gasteiger partial charge in [-0.1, -0.05) is 17.7 Å². The summed E-state index contributed by atoms with van der Waals surface area (Å²) in [6, 6.07) is 5.81. The summed E-state index contributed by atoms with van der Waals surface area (Å²) >= 11 is 5.84. The van der Waals surface area contributed by atoms with Gasteiger partial charge in [-0.15, -0.1) is 0 Å². The van der Waals surface area contributed by atoms with Crippen LogP contribution in [0.2, 0.25) is 5.02 Å². The molecule has 0 atom stereocenters. The molecular formula is C14H9ClFNO4S. The van der Waals surface area contributed by atoms with Crippen molar-refractivity contribution in [3.63, 3.8) is 0 Å². The van der Waals surface area contributed by atoms with Crippen molar-refractivity contribution in [2.75, 3.05) is 0 Å². The average molecular weight is 342 g/mol. The molecule has 2 aromatic carbocycles. The molecule has 114 valence electrons. The molecule has 0 spiro atoms. The fraction of sp³-hybridized carbons (Fsp3) is 0.143. The van der Waals surface area contributed by atoms with E-state index in [-0.39, 0.29) is 14.8 Å². The van der Waals surface area contributed by atoms with Crippen LogP contribution in [0, 0.1) is 15.9 Å². The van der Waals surface area contributed by atoms with E-state index in [1.165, 1.54) is 18.2 Å². The monoisotopic (exact) mass is 341 g/mol. The molecule has 0 aliphatic carbocycles. The smallest absolute Gasteiger partial charge is 0.258 e. The number of sulfone groups is 1. The number of fused-ring (bicyclic) bond motifs is 2. The Morgan fingerprint density at radius 3 is 2.41 bits per heavy atom. The van der Waals surface area contributed by atoms with Crippen LogP contribution >= 0.6 is 11.6 Å². The van der Waals surface area contributed by atoms with Gasteiger partial charge in [0.05, 0.1) is 14.7 Å². The number of nitro benzene ring substituents is 1. The summed E-state index contributed by atoms with van der Waals surface area (Å²) < 4.78 is 38.9. The highest BCUT2D eigenvalue weighted by Crippen LogP contribution is 2.37. The van der Waals surface area contributed by atoms with Crippen LogP contribution in [0.4, 0.5) is 10.1 Å². The third-order valence-corrected chi connectivity index (χ3v) is 5.82. The molecule has 2 aromatic rings. The van der Waals surface area contributed by atoms with Crippen LogP contribution in [0.5, 0.6) is 0 Å². The first-order valence-electron chi connectivity index (χ1n) is 6.31. The lowest BCUT2D eigenvalue weighted by atomic mass is 10.0. The average Bonchev–Trinajstić information content (AvgIpc) is 2.54. The van der Waals surface area contributed by atoms with Crippen LogP contribution in [-0.4, -0.2) is 13.3 Å². The minimum atomic E-state index is -4.04. The minimum absolute atomic E-state index is 0.115. The Morgan fingerprint density at radius 1 is 1.09 bits per heavy atom. The van der Waals surface area contributed by atoms with Crippen molar-refractivity contribution in [1.82, 2.24) is 0 Å². The van der Waals surface area contributed by atoms with Crippen LogP contribution in [0.15, 0.2) is 40.1 Å².